The van der Waals surface area contributed by atoms with Crippen molar-refractivity contribution in [3.63, 3.8) is 0 Å². The van der Waals surface area contributed by atoms with Crippen LogP contribution in [0.2, 0.25) is 0 Å². The van der Waals surface area contributed by atoms with Crippen molar-refractivity contribution < 1.29 is 0 Å². The normalized spacial score (nSPS) is 20.1. The summed E-state index contributed by atoms with van der Waals surface area (Å²) in [7, 11) is 2.21. The third-order valence-corrected chi connectivity index (χ3v) is 7.08. The fourth-order valence-corrected chi connectivity index (χ4v) is 5.14. The van der Waals surface area contributed by atoms with E-state index < -0.39 is 0 Å². The van der Waals surface area contributed by atoms with Crippen LogP contribution in [-0.2, 0) is 12.0 Å². The molecule has 6 heterocycles. The number of hydrogen-bond donors (Lipinski definition) is 2. The monoisotopic (exact) mass is 423 g/mol. The van der Waals surface area contributed by atoms with Gasteiger partial charge >= 0.3 is 0 Å². The maximum atomic E-state index is 5.97. The number of hydrogen-bond acceptors (Lipinski definition) is 5. The average molecular weight is 424 g/mol. The molecule has 1 spiro atoms. The topological polar surface area (TPSA) is 88.7 Å². The molecule has 1 unspecified atom stereocenters. The number of aromatic amines is 1. The zero-order valence-electron chi connectivity index (χ0n) is 18.3. The van der Waals surface area contributed by atoms with E-state index in [-0.39, 0.29) is 5.41 Å². The van der Waals surface area contributed by atoms with Crippen LogP contribution < -0.4 is 5.73 Å². The molecule has 7 heteroatoms. The highest BCUT2D eigenvalue weighted by Gasteiger charge is 2.44. The van der Waals surface area contributed by atoms with Crippen LogP contribution in [0.15, 0.2) is 36.9 Å². The molecular formula is C25H25N7. The number of nitrogen functional groups attached to an aromatic ring is 1. The first-order chi connectivity index (χ1) is 15.5. The Morgan fingerprint density at radius 2 is 1.94 bits per heavy atom. The second kappa shape index (κ2) is 6.94. The van der Waals surface area contributed by atoms with Gasteiger partial charge in [0, 0.05) is 59.3 Å². The van der Waals surface area contributed by atoms with Crippen molar-refractivity contribution in [1.29, 1.82) is 0 Å². The Labute approximate surface area is 186 Å². The van der Waals surface area contributed by atoms with Crippen LogP contribution in [0.5, 0.6) is 0 Å². The van der Waals surface area contributed by atoms with Gasteiger partial charge in [0.05, 0.1) is 23.1 Å². The van der Waals surface area contributed by atoms with Gasteiger partial charge < -0.3 is 15.6 Å². The predicted molar refractivity (Wildman–Crippen MR) is 125 cm³/mol. The maximum Gasteiger partial charge on any atom is 0.138 e. The Kier molecular flexibility index (Phi) is 4.14. The van der Waals surface area contributed by atoms with Crippen molar-refractivity contribution in [2.75, 3.05) is 25.9 Å². The molecule has 0 aromatic carbocycles. The van der Waals surface area contributed by atoms with Crippen molar-refractivity contribution in [2.24, 2.45) is 0 Å². The number of likely N-dealkylation sites (N-methyl/N-ethyl adjacent to an activating group) is 1. The molecule has 4 aromatic rings. The highest BCUT2D eigenvalue weighted by molar-refractivity contribution is 5.87. The Morgan fingerprint density at radius 3 is 2.78 bits per heavy atom. The standard InChI is InChI=1S/C25H25N7/c1-16-17(11-27-14-21(16)26)3-4-18-12-28-24-20(18)9-19(13-29-24)22-10-23-25(5-7-31(2)15-25)6-8-32(23)30-22/h9-14H,5-8,15,26H2,1-2H3,(H,28,29). The lowest BCUT2D eigenvalue weighted by Gasteiger charge is -2.21. The number of rotatable bonds is 1. The fraction of sp³-hybridized carbons (Fsp3) is 0.320. The first-order valence-electron chi connectivity index (χ1n) is 11.0. The molecule has 4 aromatic heterocycles. The minimum atomic E-state index is 0.256. The summed E-state index contributed by atoms with van der Waals surface area (Å²) in [6, 6.07) is 4.41. The molecule has 0 aliphatic carbocycles. The molecule has 0 bridgehead atoms. The van der Waals surface area contributed by atoms with Crippen molar-refractivity contribution in [3.05, 3.63) is 59.3 Å². The molecule has 7 nitrogen and oxygen atoms in total. The number of nitrogens with one attached hydrogen (secondary N) is 1. The summed E-state index contributed by atoms with van der Waals surface area (Å²) >= 11 is 0. The number of fused-ring (bicyclic) bond motifs is 3. The van der Waals surface area contributed by atoms with Gasteiger partial charge in [0.25, 0.3) is 0 Å². The number of aryl methyl sites for hydroxylation is 1. The zero-order valence-corrected chi connectivity index (χ0v) is 18.3. The van der Waals surface area contributed by atoms with Gasteiger partial charge in [-0.15, -0.1) is 0 Å². The minimum absolute atomic E-state index is 0.256. The van der Waals surface area contributed by atoms with Gasteiger partial charge in [0.15, 0.2) is 0 Å². The molecule has 2 aliphatic rings. The molecule has 6 rings (SSSR count). The van der Waals surface area contributed by atoms with Crippen molar-refractivity contribution >= 4 is 16.7 Å². The molecular weight excluding hydrogens is 398 g/mol. The smallest absolute Gasteiger partial charge is 0.138 e. The SMILES string of the molecule is Cc1c(N)cncc1C#Cc1c[nH]c2ncc(-c3cc4n(n3)CCC43CCN(C)C3)cc12. The minimum Gasteiger partial charge on any atom is -0.397 e. The third kappa shape index (κ3) is 2.91. The fourth-order valence-electron chi connectivity index (χ4n) is 5.14. The van der Waals surface area contributed by atoms with E-state index in [1.807, 2.05) is 19.3 Å². The molecule has 1 saturated heterocycles. The van der Waals surface area contributed by atoms with Gasteiger partial charge in [0.1, 0.15) is 5.65 Å². The lowest BCUT2D eigenvalue weighted by Crippen LogP contribution is -2.26. The summed E-state index contributed by atoms with van der Waals surface area (Å²) in [6.07, 6.45) is 9.60. The quantitative estimate of drug-likeness (QED) is 0.459. The molecule has 160 valence electrons. The summed E-state index contributed by atoms with van der Waals surface area (Å²) in [6.45, 7) is 5.22. The Bertz CT molecular complexity index is 1420. The Balaban J connectivity index is 1.38. The number of nitrogens with zero attached hydrogens (tertiary/aromatic N) is 5. The molecule has 2 aliphatic heterocycles. The van der Waals surface area contributed by atoms with Crippen LogP contribution in [0.25, 0.3) is 22.3 Å². The van der Waals surface area contributed by atoms with Gasteiger partial charge in [-0.1, -0.05) is 11.8 Å². The summed E-state index contributed by atoms with van der Waals surface area (Å²) in [5.74, 6) is 6.48. The van der Waals surface area contributed by atoms with E-state index in [1.165, 1.54) is 18.5 Å². The number of pyridine rings is 2. The second-order valence-electron chi connectivity index (χ2n) is 9.13. The van der Waals surface area contributed by atoms with Crippen molar-refractivity contribution in [2.45, 2.75) is 31.7 Å². The molecule has 3 N–H and O–H groups in total. The van der Waals surface area contributed by atoms with E-state index in [0.717, 1.165) is 58.6 Å². The van der Waals surface area contributed by atoms with Crippen LogP contribution in [0.1, 0.15) is 35.2 Å². The molecule has 1 fully saturated rings. The van der Waals surface area contributed by atoms with E-state index in [4.69, 9.17) is 10.8 Å². The number of H-pyrrole nitrogens is 1. The third-order valence-electron chi connectivity index (χ3n) is 7.08. The van der Waals surface area contributed by atoms with E-state index in [0.29, 0.717) is 5.69 Å². The lowest BCUT2D eigenvalue weighted by molar-refractivity contribution is 0.366. The predicted octanol–water partition coefficient (Wildman–Crippen LogP) is 3.09. The van der Waals surface area contributed by atoms with Crippen LogP contribution in [0.4, 0.5) is 5.69 Å². The van der Waals surface area contributed by atoms with Crippen LogP contribution >= 0.6 is 0 Å². The van der Waals surface area contributed by atoms with Crippen molar-refractivity contribution in [3.8, 4) is 23.1 Å². The average Bonchev–Trinajstić information content (AvgIpc) is 3.54. The second-order valence-corrected chi connectivity index (χ2v) is 9.13. The van der Waals surface area contributed by atoms with E-state index in [2.05, 4.69) is 55.6 Å². The Hall–Kier alpha value is -3.63. The van der Waals surface area contributed by atoms with Crippen molar-refractivity contribution in [1.82, 2.24) is 29.6 Å². The maximum absolute atomic E-state index is 5.97. The number of anilines is 1. The summed E-state index contributed by atoms with van der Waals surface area (Å²) in [5, 5.41) is 5.92. The largest absolute Gasteiger partial charge is 0.397 e. The molecule has 0 amide bonds. The van der Waals surface area contributed by atoms with Crippen LogP contribution in [0, 0.1) is 18.8 Å². The van der Waals surface area contributed by atoms with Gasteiger partial charge in [-0.25, -0.2) is 4.98 Å². The molecule has 0 saturated carbocycles. The highest BCUT2D eigenvalue weighted by Crippen LogP contribution is 2.43. The summed E-state index contributed by atoms with van der Waals surface area (Å²) < 4.78 is 2.20. The van der Waals surface area contributed by atoms with Gasteiger partial charge in [0.2, 0.25) is 0 Å². The van der Waals surface area contributed by atoms with Gasteiger partial charge in [-0.2, -0.15) is 5.10 Å². The van der Waals surface area contributed by atoms with E-state index in [1.54, 1.807) is 12.4 Å². The number of likely N-dealkylation sites (tertiary alicyclic amines) is 1. The first kappa shape index (κ1) is 19.1. The summed E-state index contributed by atoms with van der Waals surface area (Å²) in [4.78, 5) is 14.5. The van der Waals surface area contributed by atoms with Gasteiger partial charge in [-0.3, -0.25) is 9.67 Å². The van der Waals surface area contributed by atoms with Crippen LogP contribution in [-0.4, -0.2) is 49.8 Å². The molecule has 1 atom stereocenters. The zero-order chi connectivity index (χ0) is 21.9. The van der Waals surface area contributed by atoms with Gasteiger partial charge in [-0.05, 0) is 51.1 Å². The first-order valence-corrected chi connectivity index (χ1v) is 11.0. The van der Waals surface area contributed by atoms with Crippen LogP contribution in [0.3, 0.4) is 0 Å². The van der Waals surface area contributed by atoms with E-state index >= 15 is 0 Å². The molecule has 0 radical (unpaired) electrons. The molecule has 32 heavy (non-hydrogen) atoms. The number of aromatic nitrogens is 5. The summed E-state index contributed by atoms with van der Waals surface area (Å²) in [5.41, 5.74) is 13.8. The number of nitrogens with two attached hydrogens (primary N) is 1. The Morgan fingerprint density at radius 1 is 1.09 bits per heavy atom. The lowest BCUT2D eigenvalue weighted by atomic mass is 9.82. The van der Waals surface area contributed by atoms with E-state index in [9.17, 15) is 0 Å². The highest BCUT2D eigenvalue weighted by atomic mass is 15.3.